The fourth-order valence-electron chi connectivity index (χ4n) is 3.80. The molecule has 0 aromatic heterocycles. The average Bonchev–Trinajstić information content (AvgIpc) is 3.15. The van der Waals surface area contributed by atoms with Crippen LogP contribution in [0.1, 0.15) is 23.1 Å². The first-order chi connectivity index (χ1) is 16.3. The number of rotatable bonds is 7. The van der Waals surface area contributed by atoms with Crippen LogP contribution in [0.15, 0.2) is 71.5 Å². The van der Waals surface area contributed by atoms with Crippen molar-refractivity contribution in [3.8, 4) is 0 Å². The molecule has 34 heavy (non-hydrogen) atoms. The Morgan fingerprint density at radius 1 is 1.06 bits per heavy atom. The number of carbonyl (C=O) groups excluding carboxylic acids is 2. The number of carbonyl (C=O) groups is 2. The molecule has 1 N–H and O–H groups in total. The van der Waals surface area contributed by atoms with E-state index in [1.165, 1.54) is 39.8 Å². The Morgan fingerprint density at radius 3 is 2.56 bits per heavy atom. The Labute approximate surface area is 194 Å². The normalized spacial score (nSPS) is 15.8. The molecule has 3 amide bonds. The lowest BCUT2D eigenvalue weighted by molar-refractivity contribution is -0.138. The molecule has 0 fully saturated rings. The second-order valence-electron chi connectivity index (χ2n) is 7.87. The highest BCUT2D eigenvalue weighted by Crippen LogP contribution is 2.32. The first-order valence-corrected chi connectivity index (χ1v) is 10.8. The predicted octanol–water partition coefficient (Wildman–Crippen LogP) is 3.92. The van der Waals surface area contributed by atoms with Crippen LogP contribution in [-0.4, -0.2) is 47.4 Å². The summed E-state index contributed by atoms with van der Waals surface area (Å²) in [5.74, 6) is -0.374. The number of alkyl halides is 3. The minimum absolute atomic E-state index is 0.0292. The summed E-state index contributed by atoms with van der Waals surface area (Å²) in [6, 6.07) is 14.2. The number of hydrogen-bond acceptors (Lipinski definition) is 4. The first kappa shape index (κ1) is 23.3. The molecule has 4 rings (SSSR count). The van der Waals surface area contributed by atoms with Crippen LogP contribution in [0.3, 0.4) is 0 Å². The monoisotopic (exact) mass is 472 g/mol. The van der Waals surface area contributed by atoms with E-state index in [0.717, 1.165) is 18.9 Å². The fourth-order valence-corrected chi connectivity index (χ4v) is 3.80. The molecule has 2 aliphatic rings. The van der Waals surface area contributed by atoms with E-state index < -0.39 is 17.8 Å². The third kappa shape index (κ3) is 5.38. The molecule has 0 saturated carbocycles. The molecule has 0 saturated heterocycles. The second kappa shape index (κ2) is 9.98. The van der Waals surface area contributed by atoms with Gasteiger partial charge in [-0.25, -0.2) is 4.79 Å². The molecule has 2 aromatic carbocycles. The lowest BCUT2D eigenvalue weighted by atomic mass is 10.1. The fraction of sp³-hybridized carbons (Fsp3) is 0.292. The van der Waals surface area contributed by atoms with Crippen molar-refractivity contribution in [2.24, 2.45) is 4.99 Å². The minimum atomic E-state index is -4.53. The number of amidine groups is 1. The number of benzene rings is 2. The Kier molecular flexibility index (Phi) is 6.85. The number of aryl methyl sites for hydroxylation is 1. The van der Waals surface area contributed by atoms with E-state index in [-0.39, 0.29) is 42.8 Å². The van der Waals surface area contributed by atoms with Gasteiger partial charge < -0.3 is 15.0 Å². The Bertz CT molecular complexity index is 1120. The van der Waals surface area contributed by atoms with E-state index in [1.807, 2.05) is 30.3 Å². The molecular weight excluding hydrogens is 449 g/mol. The highest BCUT2D eigenvalue weighted by Gasteiger charge is 2.36. The molecule has 0 spiro atoms. The highest BCUT2D eigenvalue weighted by atomic mass is 19.4. The molecule has 0 aliphatic carbocycles. The predicted molar refractivity (Wildman–Crippen MR) is 118 cm³/mol. The number of amides is 3. The van der Waals surface area contributed by atoms with Gasteiger partial charge >= 0.3 is 18.2 Å². The van der Waals surface area contributed by atoms with Crippen molar-refractivity contribution >= 4 is 18.0 Å². The SMILES string of the molecule is O=C(NCCCc1ccccc1)C1=COC2=NC(=O)N(Cc3ccccc3C(F)(F)F)CCN12. The maximum atomic E-state index is 13.3. The molecule has 2 aliphatic heterocycles. The van der Waals surface area contributed by atoms with Gasteiger partial charge in [0.15, 0.2) is 0 Å². The number of ether oxygens (including phenoxy) is 1. The summed E-state index contributed by atoms with van der Waals surface area (Å²) in [5.41, 5.74) is 0.543. The van der Waals surface area contributed by atoms with Crippen LogP contribution in [-0.2, 0) is 28.7 Å². The Balaban J connectivity index is 1.35. The van der Waals surface area contributed by atoms with E-state index in [1.54, 1.807) is 0 Å². The molecule has 0 unspecified atom stereocenters. The Morgan fingerprint density at radius 2 is 1.79 bits per heavy atom. The van der Waals surface area contributed by atoms with Gasteiger partial charge in [-0.15, -0.1) is 4.99 Å². The zero-order chi connectivity index (χ0) is 24.1. The summed E-state index contributed by atoms with van der Waals surface area (Å²) in [7, 11) is 0. The number of hydrogen-bond donors (Lipinski definition) is 1. The van der Waals surface area contributed by atoms with Crippen LogP contribution >= 0.6 is 0 Å². The summed E-state index contributed by atoms with van der Waals surface area (Å²) in [4.78, 5) is 31.8. The molecule has 178 valence electrons. The van der Waals surface area contributed by atoms with Crippen LogP contribution in [0.4, 0.5) is 18.0 Å². The van der Waals surface area contributed by atoms with Crippen LogP contribution in [0.2, 0.25) is 0 Å². The number of aliphatic imine (C=N–C) groups is 1. The number of urea groups is 1. The molecule has 0 atom stereocenters. The van der Waals surface area contributed by atoms with Crippen molar-refractivity contribution in [1.29, 1.82) is 0 Å². The molecule has 2 heterocycles. The zero-order valence-corrected chi connectivity index (χ0v) is 18.2. The molecule has 2 aromatic rings. The second-order valence-corrected chi connectivity index (χ2v) is 7.87. The van der Waals surface area contributed by atoms with Crippen molar-refractivity contribution in [3.63, 3.8) is 0 Å². The maximum Gasteiger partial charge on any atom is 0.416 e. The molecule has 0 bridgehead atoms. The smallest absolute Gasteiger partial charge is 0.416 e. The van der Waals surface area contributed by atoms with Crippen molar-refractivity contribution in [3.05, 3.63) is 83.2 Å². The van der Waals surface area contributed by atoms with Crippen LogP contribution < -0.4 is 5.32 Å². The van der Waals surface area contributed by atoms with E-state index >= 15 is 0 Å². The van der Waals surface area contributed by atoms with Crippen molar-refractivity contribution < 1.29 is 27.5 Å². The van der Waals surface area contributed by atoms with Crippen molar-refractivity contribution in [1.82, 2.24) is 15.1 Å². The summed E-state index contributed by atoms with van der Waals surface area (Å²) >= 11 is 0. The maximum absolute atomic E-state index is 13.3. The number of nitrogens with zero attached hydrogens (tertiary/aromatic N) is 3. The highest BCUT2D eigenvalue weighted by molar-refractivity contribution is 6.01. The number of nitrogens with one attached hydrogen (secondary N) is 1. The van der Waals surface area contributed by atoms with Crippen molar-refractivity contribution in [2.75, 3.05) is 19.6 Å². The lowest BCUT2D eigenvalue weighted by Gasteiger charge is -2.22. The summed E-state index contributed by atoms with van der Waals surface area (Å²) in [6.07, 6.45) is -1.74. The minimum Gasteiger partial charge on any atom is -0.431 e. The van der Waals surface area contributed by atoms with Crippen molar-refractivity contribution in [2.45, 2.75) is 25.6 Å². The standard InChI is InChI=1S/C24H23F3N4O3/c25-24(26,27)19-11-5-4-10-18(19)15-30-13-14-31-20(16-34-23(31)29-22(30)33)21(32)28-12-6-9-17-7-2-1-3-8-17/h1-5,7-8,10-11,16H,6,9,12-15H2,(H,28,32). The average molecular weight is 472 g/mol. The van der Waals surface area contributed by atoms with Crippen LogP contribution in [0, 0.1) is 0 Å². The van der Waals surface area contributed by atoms with Gasteiger partial charge in [-0.3, -0.25) is 9.69 Å². The van der Waals surface area contributed by atoms with Gasteiger partial charge in [0, 0.05) is 26.2 Å². The molecule has 0 radical (unpaired) electrons. The first-order valence-electron chi connectivity index (χ1n) is 10.8. The molecular formula is C24H23F3N4O3. The summed E-state index contributed by atoms with van der Waals surface area (Å²) in [5, 5.41) is 2.83. The van der Waals surface area contributed by atoms with Crippen LogP contribution in [0.5, 0.6) is 0 Å². The summed E-state index contributed by atoms with van der Waals surface area (Å²) < 4.78 is 45.3. The van der Waals surface area contributed by atoms with E-state index in [0.29, 0.717) is 6.54 Å². The quantitative estimate of drug-likeness (QED) is 0.620. The van der Waals surface area contributed by atoms with Gasteiger partial charge in [0.2, 0.25) is 0 Å². The van der Waals surface area contributed by atoms with Gasteiger partial charge in [0.25, 0.3) is 5.91 Å². The van der Waals surface area contributed by atoms with Gasteiger partial charge in [0.1, 0.15) is 12.0 Å². The number of fused-ring (bicyclic) bond motifs is 1. The third-order valence-electron chi connectivity index (χ3n) is 5.54. The third-order valence-corrected chi connectivity index (χ3v) is 5.54. The van der Waals surface area contributed by atoms with Gasteiger partial charge in [0.05, 0.1) is 5.56 Å². The molecule has 10 heteroatoms. The van der Waals surface area contributed by atoms with E-state index in [9.17, 15) is 22.8 Å². The van der Waals surface area contributed by atoms with Crippen LogP contribution in [0.25, 0.3) is 0 Å². The topological polar surface area (TPSA) is 74.2 Å². The van der Waals surface area contributed by atoms with Gasteiger partial charge in [-0.1, -0.05) is 48.5 Å². The zero-order valence-electron chi connectivity index (χ0n) is 18.2. The summed E-state index contributed by atoms with van der Waals surface area (Å²) in [6.45, 7) is 0.413. The van der Waals surface area contributed by atoms with Gasteiger partial charge in [-0.2, -0.15) is 13.2 Å². The van der Waals surface area contributed by atoms with E-state index in [4.69, 9.17) is 4.74 Å². The van der Waals surface area contributed by atoms with E-state index in [2.05, 4.69) is 10.3 Å². The Hall–Kier alpha value is -3.82. The molecule has 7 nitrogen and oxygen atoms in total. The number of halogens is 3. The largest absolute Gasteiger partial charge is 0.431 e. The van der Waals surface area contributed by atoms with Gasteiger partial charge in [-0.05, 0) is 30.0 Å². The lowest BCUT2D eigenvalue weighted by Crippen LogP contribution is -2.38.